The van der Waals surface area contributed by atoms with Crippen molar-refractivity contribution in [2.24, 2.45) is 0 Å². The fourth-order valence-corrected chi connectivity index (χ4v) is 6.88. The molecule has 2 N–H and O–H groups in total. The minimum atomic E-state index is -3.87. The summed E-state index contributed by atoms with van der Waals surface area (Å²) in [7, 11) is -3.16. The molecule has 3 rings (SSSR count). The summed E-state index contributed by atoms with van der Waals surface area (Å²) in [6.45, 7) is 2.50. The van der Waals surface area contributed by atoms with Crippen LogP contribution in [0.3, 0.4) is 0 Å². The smallest absolute Gasteiger partial charge is 0.251 e. The van der Waals surface area contributed by atoms with E-state index in [0.29, 0.717) is 12.1 Å². The van der Waals surface area contributed by atoms with Gasteiger partial charge in [0.25, 0.3) is 5.91 Å². The number of likely N-dealkylation sites (N-methyl/N-ethyl adjacent to an activating group) is 1. The van der Waals surface area contributed by atoms with E-state index < -0.39 is 25.9 Å². The number of sulfonamides is 1. The van der Waals surface area contributed by atoms with Crippen molar-refractivity contribution >= 4 is 25.8 Å². The molecule has 0 aliphatic carbocycles. The van der Waals surface area contributed by atoms with E-state index in [2.05, 4.69) is 41.2 Å². The quantitative estimate of drug-likeness (QED) is 0.550. The van der Waals surface area contributed by atoms with Crippen molar-refractivity contribution in [1.82, 2.24) is 14.9 Å². The number of aryl methyl sites for hydroxylation is 1. The molecule has 0 aromatic heterocycles. The van der Waals surface area contributed by atoms with E-state index >= 15 is 0 Å². The highest BCUT2D eigenvalue weighted by molar-refractivity contribution is 7.92. The second kappa shape index (κ2) is 10.3. The van der Waals surface area contributed by atoms with Gasteiger partial charge in [0.1, 0.15) is 0 Å². The van der Waals surface area contributed by atoms with Crippen LogP contribution in [0.4, 0.5) is 0 Å². The molecule has 0 saturated carbocycles. The van der Waals surface area contributed by atoms with Gasteiger partial charge in [-0.2, -0.15) is 0 Å². The van der Waals surface area contributed by atoms with Crippen LogP contribution in [0, 0.1) is 0 Å². The first-order valence-electron chi connectivity index (χ1n) is 10.9. The summed E-state index contributed by atoms with van der Waals surface area (Å²) < 4.78 is 50.7. The van der Waals surface area contributed by atoms with Gasteiger partial charge in [-0.05, 0) is 62.3 Å². The number of sulfone groups is 1. The molecule has 1 fully saturated rings. The molecule has 1 aliphatic heterocycles. The molecule has 33 heavy (non-hydrogen) atoms. The Balaban J connectivity index is 1.63. The first-order valence-corrected chi connectivity index (χ1v) is 14.2. The van der Waals surface area contributed by atoms with Crippen LogP contribution in [0.25, 0.3) is 0 Å². The van der Waals surface area contributed by atoms with Gasteiger partial charge in [-0.25, -0.2) is 21.6 Å². The summed E-state index contributed by atoms with van der Waals surface area (Å²) >= 11 is 0. The van der Waals surface area contributed by atoms with E-state index in [1.165, 1.54) is 29.8 Å². The lowest BCUT2D eigenvalue weighted by molar-refractivity contribution is 0.0941. The average molecular weight is 494 g/mol. The van der Waals surface area contributed by atoms with Crippen LogP contribution in [0.5, 0.6) is 0 Å². The molecule has 10 heteroatoms. The Morgan fingerprint density at radius 3 is 2.24 bits per heavy atom. The number of rotatable bonds is 9. The third kappa shape index (κ3) is 6.63. The number of amides is 1. The molecule has 1 saturated heterocycles. The van der Waals surface area contributed by atoms with Crippen LogP contribution in [-0.4, -0.2) is 65.8 Å². The number of carbonyl (C=O) groups excluding carboxylic acids is 1. The Morgan fingerprint density at radius 1 is 1.09 bits per heavy atom. The first kappa shape index (κ1) is 25.4. The third-order valence-electron chi connectivity index (χ3n) is 5.83. The van der Waals surface area contributed by atoms with Crippen LogP contribution in [0.2, 0.25) is 0 Å². The van der Waals surface area contributed by atoms with Gasteiger partial charge < -0.3 is 10.2 Å². The summed E-state index contributed by atoms with van der Waals surface area (Å²) in [6, 6.07) is 13.3. The zero-order chi connectivity index (χ0) is 24.2. The number of nitrogens with zero attached hydrogens (tertiary/aromatic N) is 1. The predicted octanol–water partition coefficient (Wildman–Crippen LogP) is 1.75. The van der Waals surface area contributed by atoms with Crippen molar-refractivity contribution in [2.75, 3.05) is 32.1 Å². The maximum Gasteiger partial charge on any atom is 0.251 e. The molecule has 2 aromatic carbocycles. The van der Waals surface area contributed by atoms with Crippen LogP contribution in [0.1, 0.15) is 40.9 Å². The normalized spacial score (nSPS) is 18.8. The Hall–Kier alpha value is -2.27. The van der Waals surface area contributed by atoms with Gasteiger partial charge in [-0.1, -0.05) is 31.2 Å². The lowest BCUT2D eigenvalue weighted by atomic mass is 10.0. The van der Waals surface area contributed by atoms with Gasteiger partial charge in [-0.15, -0.1) is 0 Å². The molecule has 2 aromatic rings. The SMILES string of the molecule is CCc1ccc([C@H](CNC(=O)c2ccc(S(=O)(=O)N[C@@H]3CCS(=O)(=O)C3)cc2)N(C)C)cc1. The number of nitrogens with one attached hydrogen (secondary N) is 2. The van der Waals surface area contributed by atoms with Crippen LogP contribution in [-0.2, 0) is 26.3 Å². The van der Waals surface area contributed by atoms with Gasteiger partial charge in [0.05, 0.1) is 22.4 Å². The minimum Gasteiger partial charge on any atom is -0.350 e. The zero-order valence-electron chi connectivity index (χ0n) is 19.1. The Bertz CT molecular complexity index is 1180. The highest BCUT2D eigenvalue weighted by atomic mass is 32.2. The number of benzene rings is 2. The molecule has 0 bridgehead atoms. The maximum absolute atomic E-state index is 12.7. The second-order valence-electron chi connectivity index (χ2n) is 8.53. The standard InChI is InChI=1S/C23H31N3O5S2/c1-4-17-5-7-18(8-6-17)22(26(2)3)15-24-23(27)19-9-11-21(12-10-19)33(30,31)25-20-13-14-32(28,29)16-20/h5-12,20,22,25H,4,13-16H2,1-3H3,(H,24,27)/t20-,22+/m1/s1. The molecular formula is C23H31N3O5S2. The first-order chi connectivity index (χ1) is 15.5. The Labute approximate surface area is 196 Å². The molecule has 8 nitrogen and oxygen atoms in total. The second-order valence-corrected chi connectivity index (χ2v) is 12.5. The fourth-order valence-electron chi connectivity index (χ4n) is 3.83. The van der Waals surface area contributed by atoms with Gasteiger partial charge in [0.2, 0.25) is 10.0 Å². The van der Waals surface area contributed by atoms with Crippen LogP contribution in [0.15, 0.2) is 53.4 Å². The topological polar surface area (TPSA) is 113 Å². The summed E-state index contributed by atoms with van der Waals surface area (Å²) in [5.74, 6) is -0.512. The molecule has 2 atom stereocenters. The number of hydrogen-bond donors (Lipinski definition) is 2. The van der Waals surface area contributed by atoms with Crippen LogP contribution >= 0.6 is 0 Å². The van der Waals surface area contributed by atoms with E-state index in [9.17, 15) is 21.6 Å². The predicted molar refractivity (Wildman–Crippen MR) is 128 cm³/mol. The van der Waals surface area contributed by atoms with Crippen molar-refractivity contribution in [2.45, 2.75) is 36.7 Å². The van der Waals surface area contributed by atoms with Crippen molar-refractivity contribution in [3.63, 3.8) is 0 Å². The summed E-state index contributed by atoms with van der Waals surface area (Å²) in [4.78, 5) is 14.7. The number of hydrogen-bond acceptors (Lipinski definition) is 6. The molecule has 0 spiro atoms. The highest BCUT2D eigenvalue weighted by Gasteiger charge is 2.31. The fraction of sp³-hybridized carbons (Fsp3) is 0.435. The molecule has 1 amide bonds. The lowest BCUT2D eigenvalue weighted by Crippen LogP contribution is -2.36. The summed E-state index contributed by atoms with van der Waals surface area (Å²) in [5.41, 5.74) is 2.69. The monoisotopic (exact) mass is 493 g/mol. The van der Waals surface area contributed by atoms with E-state index in [0.717, 1.165) is 12.0 Å². The molecule has 1 heterocycles. The highest BCUT2D eigenvalue weighted by Crippen LogP contribution is 2.19. The summed E-state index contributed by atoms with van der Waals surface area (Å²) in [6.07, 6.45) is 1.22. The lowest BCUT2D eigenvalue weighted by Gasteiger charge is -2.25. The van der Waals surface area contributed by atoms with Gasteiger partial charge in [0, 0.05) is 18.2 Å². The minimum absolute atomic E-state index is 0.00797. The largest absolute Gasteiger partial charge is 0.350 e. The number of carbonyl (C=O) groups is 1. The van der Waals surface area contributed by atoms with Crippen molar-refractivity contribution in [3.8, 4) is 0 Å². The molecule has 0 unspecified atom stereocenters. The Morgan fingerprint density at radius 2 is 1.73 bits per heavy atom. The Kier molecular flexibility index (Phi) is 7.94. The maximum atomic E-state index is 12.7. The van der Waals surface area contributed by atoms with E-state index in [-0.39, 0.29) is 34.8 Å². The van der Waals surface area contributed by atoms with Crippen molar-refractivity contribution in [3.05, 3.63) is 65.2 Å². The van der Waals surface area contributed by atoms with Gasteiger partial charge in [0.15, 0.2) is 9.84 Å². The van der Waals surface area contributed by atoms with Gasteiger partial charge >= 0.3 is 0 Å². The van der Waals surface area contributed by atoms with E-state index in [1.807, 2.05) is 19.0 Å². The van der Waals surface area contributed by atoms with Gasteiger partial charge in [-0.3, -0.25) is 4.79 Å². The average Bonchev–Trinajstić information content (AvgIpc) is 3.11. The molecule has 0 radical (unpaired) electrons. The third-order valence-corrected chi connectivity index (χ3v) is 9.14. The zero-order valence-corrected chi connectivity index (χ0v) is 20.7. The van der Waals surface area contributed by atoms with E-state index in [4.69, 9.17) is 0 Å². The molecular weight excluding hydrogens is 462 g/mol. The van der Waals surface area contributed by atoms with Crippen LogP contribution < -0.4 is 10.0 Å². The van der Waals surface area contributed by atoms with Crippen molar-refractivity contribution < 1.29 is 21.6 Å². The summed E-state index contributed by atoms with van der Waals surface area (Å²) in [5, 5.41) is 2.92. The van der Waals surface area contributed by atoms with E-state index in [1.54, 1.807) is 0 Å². The molecule has 180 valence electrons. The molecule has 1 aliphatic rings. The van der Waals surface area contributed by atoms with Crippen molar-refractivity contribution in [1.29, 1.82) is 0 Å².